The number of hydrogen-bond donors (Lipinski definition) is 3. The van der Waals surface area contributed by atoms with Crippen molar-refractivity contribution in [2.75, 3.05) is 25.5 Å². The third-order valence-corrected chi connectivity index (χ3v) is 2.58. The molecule has 6 heteroatoms. The first-order chi connectivity index (χ1) is 9.06. The Balaban J connectivity index is 2.37. The number of ether oxygens (including phenoxy) is 1. The minimum Gasteiger partial charge on any atom is -0.395 e. The Morgan fingerprint density at radius 3 is 2.89 bits per heavy atom. The van der Waals surface area contributed by atoms with Gasteiger partial charge in [0.1, 0.15) is 0 Å². The number of H-pyrrole nitrogens is 1. The molecule has 0 bridgehead atoms. The maximum Gasteiger partial charge on any atom is 0.274 e. The normalized spacial score (nSPS) is 10.9. The molecule has 19 heavy (non-hydrogen) atoms. The summed E-state index contributed by atoms with van der Waals surface area (Å²) in [5.41, 5.74) is 7.41. The van der Waals surface area contributed by atoms with E-state index in [2.05, 4.69) is 29.4 Å². The van der Waals surface area contributed by atoms with Gasteiger partial charge in [0.05, 0.1) is 18.0 Å². The summed E-state index contributed by atoms with van der Waals surface area (Å²) in [4.78, 5) is 11.9. The predicted octanol–water partition coefficient (Wildman–Crippen LogP) is 1.35. The second kappa shape index (κ2) is 7.78. The highest BCUT2D eigenvalue weighted by molar-refractivity contribution is 5.97. The maximum atomic E-state index is 11.9. The molecule has 1 aromatic heterocycles. The zero-order valence-electron chi connectivity index (χ0n) is 12.0. The Morgan fingerprint density at radius 1 is 1.53 bits per heavy atom. The number of aryl methyl sites for hydroxylation is 1. The van der Waals surface area contributed by atoms with Crippen LogP contribution in [0.2, 0.25) is 0 Å². The molecule has 0 unspecified atom stereocenters. The Labute approximate surface area is 114 Å². The number of nitrogens with one attached hydrogen (secondary N) is 2. The summed E-state index contributed by atoms with van der Waals surface area (Å²) in [7, 11) is 0. The van der Waals surface area contributed by atoms with Crippen LogP contribution in [-0.4, -0.2) is 35.9 Å². The highest BCUT2D eigenvalue weighted by Crippen LogP contribution is 2.15. The third-order valence-electron chi connectivity index (χ3n) is 2.58. The lowest BCUT2D eigenvalue weighted by Gasteiger charge is -2.07. The fourth-order valence-corrected chi connectivity index (χ4v) is 1.64. The van der Waals surface area contributed by atoms with Gasteiger partial charge in [0.2, 0.25) is 0 Å². The summed E-state index contributed by atoms with van der Waals surface area (Å²) in [5.74, 6) is 0.235. The molecule has 0 aliphatic rings. The smallest absolute Gasteiger partial charge is 0.274 e. The third kappa shape index (κ3) is 4.90. The standard InChI is InChI=1S/C13H24N4O2/c1-4-5-10-11(14)12(17-16-10)13(18)15-6-7-19-8-9(2)3/h9H,4-8,14H2,1-3H3,(H,15,18)(H,16,17). The Morgan fingerprint density at radius 2 is 2.26 bits per heavy atom. The van der Waals surface area contributed by atoms with Crippen molar-refractivity contribution in [2.45, 2.75) is 33.6 Å². The van der Waals surface area contributed by atoms with Gasteiger partial charge in [-0.25, -0.2) is 0 Å². The van der Waals surface area contributed by atoms with Crippen molar-refractivity contribution in [3.63, 3.8) is 0 Å². The lowest BCUT2D eigenvalue weighted by molar-refractivity contribution is 0.0883. The molecule has 0 atom stereocenters. The van der Waals surface area contributed by atoms with Gasteiger partial charge < -0.3 is 15.8 Å². The van der Waals surface area contributed by atoms with Crippen LogP contribution < -0.4 is 11.1 Å². The molecule has 0 aliphatic heterocycles. The number of nitrogens with zero attached hydrogens (tertiary/aromatic N) is 1. The van der Waals surface area contributed by atoms with Gasteiger partial charge in [-0.2, -0.15) is 5.10 Å². The van der Waals surface area contributed by atoms with Crippen LogP contribution in [0.15, 0.2) is 0 Å². The fraction of sp³-hybridized carbons (Fsp3) is 0.692. The number of anilines is 1. The fourth-order valence-electron chi connectivity index (χ4n) is 1.64. The summed E-state index contributed by atoms with van der Waals surface area (Å²) < 4.78 is 5.38. The lowest BCUT2D eigenvalue weighted by atomic mass is 10.2. The first-order valence-corrected chi connectivity index (χ1v) is 6.74. The molecule has 1 aromatic rings. The number of rotatable bonds is 8. The van der Waals surface area contributed by atoms with Gasteiger partial charge in [-0.3, -0.25) is 9.89 Å². The van der Waals surface area contributed by atoms with Gasteiger partial charge in [0, 0.05) is 13.2 Å². The van der Waals surface area contributed by atoms with Crippen LogP contribution in [0.4, 0.5) is 5.69 Å². The molecule has 108 valence electrons. The van der Waals surface area contributed by atoms with Crippen LogP contribution >= 0.6 is 0 Å². The van der Waals surface area contributed by atoms with Gasteiger partial charge >= 0.3 is 0 Å². The number of aromatic nitrogens is 2. The molecule has 1 amide bonds. The average Bonchev–Trinajstić information content (AvgIpc) is 2.71. The second-order valence-electron chi connectivity index (χ2n) is 4.94. The molecule has 0 aromatic carbocycles. The molecule has 0 saturated carbocycles. The number of nitrogens with two attached hydrogens (primary N) is 1. The molecule has 0 radical (unpaired) electrons. The zero-order valence-corrected chi connectivity index (χ0v) is 12.0. The van der Waals surface area contributed by atoms with E-state index < -0.39 is 0 Å². The van der Waals surface area contributed by atoms with E-state index in [1.54, 1.807) is 0 Å². The minimum absolute atomic E-state index is 0.260. The second-order valence-corrected chi connectivity index (χ2v) is 4.94. The predicted molar refractivity (Wildman–Crippen MR) is 75.0 cm³/mol. The highest BCUT2D eigenvalue weighted by Gasteiger charge is 2.16. The number of amides is 1. The van der Waals surface area contributed by atoms with Crippen molar-refractivity contribution >= 4 is 11.6 Å². The number of carbonyl (C=O) groups excluding carboxylic acids is 1. The summed E-state index contributed by atoms with van der Waals surface area (Å²) in [6.07, 6.45) is 1.75. The first-order valence-electron chi connectivity index (χ1n) is 6.74. The monoisotopic (exact) mass is 268 g/mol. The zero-order chi connectivity index (χ0) is 14.3. The van der Waals surface area contributed by atoms with E-state index in [-0.39, 0.29) is 11.6 Å². The van der Waals surface area contributed by atoms with Crippen molar-refractivity contribution in [1.82, 2.24) is 15.5 Å². The molecule has 4 N–H and O–H groups in total. The number of aromatic amines is 1. The van der Waals surface area contributed by atoms with Crippen LogP contribution in [-0.2, 0) is 11.2 Å². The summed E-state index contributed by atoms with van der Waals surface area (Å²) in [6.45, 7) is 7.86. The number of carbonyl (C=O) groups is 1. The molecule has 0 spiro atoms. The SMILES string of the molecule is CCCc1[nH]nc(C(=O)NCCOCC(C)C)c1N. The summed E-state index contributed by atoms with van der Waals surface area (Å²) in [5, 5.41) is 9.51. The summed E-state index contributed by atoms with van der Waals surface area (Å²) >= 11 is 0. The molecular formula is C13H24N4O2. The molecular weight excluding hydrogens is 244 g/mol. The maximum absolute atomic E-state index is 11.9. The van der Waals surface area contributed by atoms with Crippen molar-refractivity contribution < 1.29 is 9.53 Å². The van der Waals surface area contributed by atoms with Crippen molar-refractivity contribution in [1.29, 1.82) is 0 Å². The van der Waals surface area contributed by atoms with Gasteiger partial charge in [-0.05, 0) is 12.3 Å². The van der Waals surface area contributed by atoms with E-state index in [9.17, 15) is 4.79 Å². The Kier molecular flexibility index (Phi) is 6.35. The van der Waals surface area contributed by atoms with E-state index in [0.717, 1.165) is 18.5 Å². The Hall–Kier alpha value is -1.56. The number of hydrogen-bond acceptors (Lipinski definition) is 4. The average molecular weight is 268 g/mol. The van der Waals surface area contributed by atoms with Gasteiger partial charge in [-0.1, -0.05) is 27.2 Å². The molecule has 6 nitrogen and oxygen atoms in total. The van der Waals surface area contributed by atoms with Crippen molar-refractivity contribution in [2.24, 2.45) is 5.92 Å². The topological polar surface area (TPSA) is 93.0 Å². The van der Waals surface area contributed by atoms with Gasteiger partial charge in [-0.15, -0.1) is 0 Å². The van der Waals surface area contributed by atoms with E-state index in [1.807, 2.05) is 6.92 Å². The first kappa shape index (κ1) is 15.5. The molecule has 0 saturated heterocycles. The van der Waals surface area contributed by atoms with Crippen molar-refractivity contribution in [3.8, 4) is 0 Å². The van der Waals surface area contributed by atoms with E-state index in [0.29, 0.717) is 31.4 Å². The largest absolute Gasteiger partial charge is 0.395 e. The van der Waals surface area contributed by atoms with Gasteiger partial charge in [0.25, 0.3) is 5.91 Å². The van der Waals surface area contributed by atoms with Crippen LogP contribution in [0, 0.1) is 5.92 Å². The van der Waals surface area contributed by atoms with Crippen LogP contribution in [0.25, 0.3) is 0 Å². The lowest BCUT2D eigenvalue weighted by Crippen LogP contribution is -2.28. The quantitative estimate of drug-likeness (QED) is 0.620. The minimum atomic E-state index is -0.260. The molecule has 0 aliphatic carbocycles. The molecule has 1 rings (SSSR count). The van der Waals surface area contributed by atoms with E-state index >= 15 is 0 Å². The van der Waals surface area contributed by atoms with E-state index in [4.69, 9.17) is 10.5 Å². The Bertz CT molecular complexity index is 401. The van der Waals surface area contributed by atoms with Crippen LogP contribution in [0.5, 0.6) is 0 Å². The van der Waals surface area contributed by atoms with Gasteiger partial charge in [0.15, 0.2) is 5.69 Å². The summed E-state index contributed by atoms with van der Waals surface area (Å²) in [6, 6.07) is 0. The number of nitrogen functional groups attached to an aromatic ring is 1. The highest BCUT2D eigenvalue weighted by atomic mass is 16.5. The van der Waals surface area contributed by atoms with Crippen molar-refractivity contribution in [3.05, 3.63) is 11.4 Å². The molecule has 1 heterocycles. The van der Waals surface area contributed by atoms with Crippen LogP contribution in [0.1, 0.15) is 43.4 Å². The van der Waals surface area contributed by atoms with Crippen LogP contribution in [0.3, 0.4) is 0 Å². The van der Waals surface area contributed by atoms with E-state index in [1.165, 1.54) is 0 Å². The molecule has 0 fully saturated rings.